The summed E-state index contributed by atoms with van der Waals surface area (Å²) in [5, 5.41) is 21.3. The van der Waals surface area contributed by atoms with Crippen LogP contribution in [0, 0.1) is 27.9 Å². The zero-order valence-electron chi connectivity index (χ0n) is 43.7. The van der Waals surface area contributed by atoms with Crippen molar-refractivity contribution < 1.29 is 52.9 Å². The van der Waals surface area contributed by atoms with Gasteiger partial charge in [-0.1, -0.05) is 96.8 Å². The molecular weight excluding hydrogens is 1020 g/mol. The summed E-state index contributed by atoms with van der Waals surface area (Å²) in [6, 6.07) is 39.2. The van der Waals surface area contributed by atoms with Crippen molar-refractivity contribution in [3.63, 3.8) is 0 Å². The highest BCUT2D eigenvalue weighted by molar-refractivity contribution is 6.23. The average Bonchev–Trinajstić information content (AvgIpc) is 2.47. The number of aliphatic hydroxyl groups is 1. The standard InChI is InChI=1S/C63H57N5O12/c69-34-35-76-49-26-22-47(23-27-49)58-63(50-36-42(17-16-41-10-4-1-5-11-41)20-28-51(50)66(61(63)72)62(73)77-39-43-18-24-48(25-19-43)68(74)75)54(59(70)65-32-30-64(31-33-65)38-44-21-29-52-53(37-44)79-40-78-52)56-60(71)80-57(46-14-8-3-9-15-46)55(67(56)58)45-12-6-2-7-13-45/h2-3,6-10,12-15,18-29,36-37,54-58,69H,1,4-5,11,30-35,38-40H2/t54-,55-,56-,57+,58+,63-/m1/s1. The summed E-state index contributed by atoms with van der Waals surface area (Å²) < 4.78 is 29.8. The van der Waals surface area contributed by atoms with Gasteiger partial charge in [0.2, 0.25) is 18.6 Å². The SMILES string of the molecule is O=C1O[C@@H](c2ccccc2)[C@@H](c2ccccc2)N2[C@@H](c3ccc(OCCO)cc3)[C@]3(C(=O)N(C(=O)OCc4ccc([N+](=O)[O-])cc4)c4ccc(C#CC5=CCCCC5)cc43)[C@@H](C(=O)N3CCN(Cc4ccc5c(c4)OCO5)CC3)[C@H]12. The number of imide groups is 1. The van der Waals surface area contributed by atoms with Crippen molar-refractivity contribution in [2.45, 2.75) is 68.5 Å². The second-order valence-electron chi connectivity index (χ2n) is 20.8. The van der Waals surface area contributed by atoms with Crippen LogP contribution in [0.5, 0.6) is 17.2 Å². The van der Waals surface area contributed by atoms with E-state index in [4.69, 9.17) is 23.7 Å². The highest BCUT2D eigenvalue weighted by atomic mass is 16.7. The molecule has 6 aliphatic rings. The fraction of sp³-hybridized carbons (Fsp3) is 0.302. The van der Waals surface area contributed by atoms with Crippen LogP contribution in [-0.2, 0) is 42.4 Å². The number of fused-ring (bicyclic) bond motifs is 4. The number of rotatable bonds is 12. The molecule has 3 saturated heterocycles. The summed E-state index contributed by atoms with van der Waals surface area (Å²) in [6.45, 7) is 1.57. The molecule has 17 nitrogen and oxygen atoms in total. The number of cyclic esters (lactones) is 1. The minimum Gasteiger partial charge on any atom is -0.491 e. The van der Waals surface area contributed by atoms with Crippen LogP contribution in [-0.4, -0.2) is 101 Å². The van der Waals surface area contributed by atoms with Gasteiger partial charge in [-0.3, -0.25) is 34.3 Å². The van der Waals surface area contributed by atoms with E-state index < -0.39 is 64.4 Å². The van der Waals surface area contributed by atoms with Crippen LogP contribution in [0.25, 0.3) is 0 Å². The van der Waals surface area contributed by atoms with E-state index in [0.29, 0.717) is 64.7 Å². The molecule has 3 fully saturated rings. The third-order valence-corrected chi connectivity index (χ3v) is 16.2. The summed E-state index contributed by atoms with van der Waals surface area (Å²) in [7, 11) is 0. The number of carbonyl (C=O) groups excluding carboxylic acids is 4. The molecule has 1 N–H and O–H groups in total. The van der Waals surface area contributed by atoms with Crippen LogP contribution in [0.15, 0.2) is 157 Å². The Morgan fingerprint density at radius 2 is 1.49 bits per heavy atom. The largest absolute Gasteiger partial charge is 0.491 e. The first-order chi connectivity index (χ1) is 39.1. The van der Waals surface area contributed by atoms with Crippen molar-refractivity contribution in [2.24, 2.45) is 5.92 Å². The molecule has 1 aliphatic carbocycles. The predicted molar refractivity (Wildman–Crippen MR) is 292 cm³/mol. The van der Waals surface area contributed by atoms with Gasteiger partial charge in [-0.05, 0) is 119 Å². The van der Waals surface area contributed by atoms with E-state index in [1.165, 1.54) is 24.3 Å². The number of hydrogen-bond donors (Lipinski definition) is 1. The molecule has 3 amide bonds. The number of allylic oxidation sites excluding steroid dienone is 2. The van der Waals surface area contributed by atoms with Gasteiger partial charge in [-0.25, -0.2) is 9.69 Å². The number of nitrogens with zero attached hydrogens (tertiary/aromatic N) is 5. The lowest BCUT2D eigenvalue weighted by atomic mass is 9.64. The molecule has 5 aliphatic heterocycles. The summed E-state index contributed by atoms with van der Waals surface area (Å²) in [6.07, 6.45) is 3.94. The number of amides is 3. The summed E-state index contributed by atoms with van der Waals surface area (Å²) in [5.74, 6) is 5.01. The van der Waals surface area contributed by atoms with Gasteiger partial charge in [0.05, 0.1) is 35.2 Å². The maximum absolute atomic E-state index is 16.9. The number of morpholine rings is 1. The summed E-state index contributed by atoms with van der Waals surface area (Å²) >= 11 is 0. The molecule has 6 aromatic carbocycles. The van der Waals surface area contributed by atoms with Gasteiger partial charge in [0, 0.05) is 50.4 Å². The van der Waals surface area contributed by atoms with Crippen LogP contribution >= 0.6 is 0 Å². The molecule has 0 radical (unpaired) electrons. The lowest BCUT2D eigenvalue weighted by Crippen LogP contribution is -2.59. The normalized spacial score (nSPS) is 23.1. The molecule has 12 rings (SSSR count). The number of esters is 1. The Bertz CT molecular complexity index is 3450. The molecule has 0 aromatic heterocycles. The zero-order chi connectivity index (χ0) is 54.9. The minimum atomic E-state index is -2.07. The molecule has 1 spiro atoms. The fourth-order valence-electron chi connectivity index (χ4n) is 12.5. The number of benzene rings is 6. The highest BCUT2D eigenvalue weighted by Gasteiger charge is 2.76. The number of nitro benzene ring substituents is 1. The Hall–Kier alpha value is -8.82. The number of nitro groups is 1. The molecule has 80 heavy (non-hydrogen) atoms. The number of piperazine rings is 1. The molecule has 406 valence electrons. The van der Waals surface area contributed by atoms with E-state index in [-0.39, 0.29) is 51.1 Å². The quantitative estimate of drug-likeness (QED) is 0.0529. The van der Waals surface area contributed by atoms with Crippen molar-refractivity contribution in [3.05, 3.63) is 206 Å². The van der Waals surface area contributed by atoms with Gasteiger partial charge >= 0.3 is 12.1 Å². The van der Waals surface area contributed by atoms with Crippen LogP contribution < -0.4 is 19.1 Å². The van der Waals surface area contributed by atoms with Crippen molar-refractivity contribution in [1.29, 1.82) is 0 Å². The third-order valence-electron chi connectivity index (χ3n) is 16.2. The second-order valence-corrected chi connectivity index (χ2v) is 20.8. The number of aliphatic hydroxyl groups excluding tert-OH is 1. The molecular formula is C63H57N5O12. The van der Waals surface area contributed by atoms with E-state index in [1.807, 2.05) is 83.8 Å². The Kier molecular flexibility index (Phi) is 14.4. The zero-order valence-corrected chi connectivity index (χ0v) is 43.7. The van der Waals surface area contributed by atoms with Gasteiger partial charge in [0.25, 0.3) is 5.69 Å². The topological polar surface area (TPSA) is 191 Å². The lowest BCUT2D eigenvalue weighted by Gasteiger charge is -2.46. The monoisotopic (exact) mass is 1080 g/mol. The predicted octanol–water partition coefficient (Wildman–Crippen LogP) is 8.89. The first kappa shape index (κ1) is 51.9. The van der Waals surface area contributed by atoms with Crippen LogP contribution in [0.1, 0.15) is 82.8 Å². The Morgan fingerprint density at radius 3 is 2.20 bits per heavy atom. The van der Waals surface area contributed by atoms with Crippen LogP contribution in [0.3, 0.4) is 0 Å². The molecule has 5 heterocycles. The van der Waals surface area contributed by atoms with E-state index in [1.54, 1.807) is 47.4 Å². The Morgan fingerprint density at radius 1 is 0.762 bits per heavy atom. The fourth-order valence-corrected chi connectivity index (χ4v) is 12.5. The maximum atomic E-state index is 16.9. The molecule has 0 unspecified atom stereocenters. The number of hydrogen-bond acceptors (Lipinski definition) is 14. The van der Waals surface area contributed by atoms with E-state index >= 15 is 19.2 Å². The Labute approximate surface area is 462 Å². The highest BCUT2D eigenvalue weighted by Crippen LogP contribution is 2.66. The van der Waals surface area contributed by atoms with Crippen molar-refractivity contribution >= 4 is 35.3 Å². The van der Waals surface area contributed by atoms with Crippen LogP contribution in [0.2, 0.25) is 0 Å². The maximum Gasteiger partial charge on any atom is 0.421 e. The number of non-ortho nitro benzene ring substituents is 1. The van der Waals surface area contributed by atoms with E-state index in [9.17, 15) is 15.2 Å². The van der Waals surface area contributed by atoms with Crippen LogP contribution in [0.4, 0.5) is 16.2 Å². The van der Waals surface area contributed by atoms with Crippen molar-refractivity contribution in [1.82, 2.24) is 14.7 Å². The van der Waals surface area contributed by atoms with Crippen molar-refractivity contribution in [3.8, 4) is 29.1 Å². The molecule has 0 saturated carbocycles. The number of ether oxygens (including phenoxy) is 5. The van der Waals surface area contributed by atoms with Gasteiger partial charge < -0.3 is 33.7 Å². The summed E-state index contributed by atoms with van der Waals surface area (Å²) in [5.41, 5.74) is 3.14. The summed E-state index contributed by atoms with van der Waals surface area (Å²) in [4.78, 5) is 82.3. The van der Waals surface area contributed by atoms with Crippen molar-refractivity contribution in [2.75, 3.05) is 51.1 Å². The number of anilines is 1. The minimum absolute atomic E-state index is 0.0195. The van der Waals surface area contributed by atoms with Gasteiger partial charge in [-0.2, -0.15) is 0 Å². The molecule has 6 aromatic rings. The van der Waals surface area contributed by atoms with Gasteiger partial charge in [-0.15, -0.1) is 0 Å². The van der Waals surface area contributed by atoms with Gasteiger partial charge in [0.1, 0.15) is 36.5 Å². The first-order valence-corrected chi connectivity index (χ1v) is 27.0. The first-order valence-electron chi connectivity index (χ1n) is 27.0. The van der Waals surface area contributed by atoms with E-state index in [0.717, 1.165) is 47.3 Å². The van der Waals surface area contributed by atoms with E-state index in [2.05, 4.69) is 22.8 Å². The lowest BCUT2D eigenvalue weighted by molar-refractivity contribution is -0.384. The van der Waals surface area contributed by atoms with Gasteiger partial charge in [0.15, 0.2) is 11.5 Å². The molecule has 17 heteroatoms. The molecule has 6 atom stereocenters. The smallest absolute Gasteiger partial charge is 0.421 e. The second kappa shape index (κ2) is 22.1. The molecule has 0 bridgehead atoms. The Balaban J connectivity index is 1.04. The number of carbonyl (C=O) groups is 4. The third kappa shape index (κ3) is 9.58. The average molecular weight is 1080 g/mol.